The Labute approximate surface area is 233 Å². The molecular weight excluding hydrogens is 518 g/mol. The summed E-state index contributed by atoms with van der Waals surface area (Å²) in [6, 6.07) is 12.8. The van der Waals surface area contributed by atoms with Gasteiger partial charge in [-0.3, -0.25) is 24.0 Å². The lowest BCUT2D eigenvalue weighted by Crippen LogP contribution is -2.49. The number of anilines is 1. The Morgan fingerprint density at radius 3 is 2.28 bits per heavy atom. The second-order valence-electron chi connectivity index (χ2n) is 10.7. The van der Waals surface area contributed by atoms with Gasteiger partial charge >= 0.3 is 11.9 Å². The first-order valence-corrected chi connectivity index (χ1v) is 15.2. The molecule has 0 aliphatic carbocycles. The lowest BCUT2D eigenvalue weighted by molar-refractivity contribution is -0.139. The number of benzene rings is 2. The van der Waals surface area contributed by atoms with Gasteiger partial charge in [0.25, 0.3) is 0 Å². The van der Waals surface area contributed by atoms with Gasteiger partial charge in [0.2, 0.25) is 0 Å². The van der Waals surface area contributed by atoms with Crippen LogP contribution in [0.4, 0.5) is 5.69 Å². The quantitative estimate of drug-likeness (QED) is 0.192. The van der Waals surface area contributed by atoms with E-state index in [1.807, 2.05) is 61.5 Å². The van der Waals surface area contributed by atoms with Crippen molar-refractivity contribution in [3.8, 4) is 0 Å². The van der Waals surface area contributed by atoms with Gasteiger partial charge < -0.3 is 20.4 Å². The average molecular weight is 562 g/mol. The first-order chi connectivity index (χ1) is 18.4. The molecule has 0 radical (unpaired) electrons. The molecule has 9 nitrogen and oxygen atoms in total. The highest BCUT2D eigenvalue weighted by Crippen LogP contribution is 2.58. The predicted molar refractivity (Wildman–Crippen MR) is 156 cm³/mol. The largest absolute Gasteiger partial charge is 0.481 e. The number of carboxylic acid groups (broad SMARTS) is 2. The van der Waals surface area contributed by atoms with E-state index in [0.29, 0.717) is 4.90 Å². The molecule has 1 heterocycles. The van der Waals surface area contributed by atoms with Crippen LogP contribution >= 0.6 is 10.6 Å². The smallest absolute Gasteiger partial charge is 0.304 e. The molecule has 0 spiro atoms. The van der Waals surface area contributed by atoms with Gasteiger partial charge in [0.15, 0.2) is 0 Å². The molecule has 0 aromatic heterocycles. The van der Waals surface area contributed by atoms with Crippen molar-refractivity contribution < 1.29 is 28.9 Å². The Hall–Kier alpha value is -2.63. The Morgan fingerprint density at radius 2 is 1.74 bits per heavy atom. The normalized spacial score (nSPS) is 21.2. The van der Waals surface area contributed by atoms with Crippen molar-refractivity contribution in [1.82, 2.24) is 10.6 Å². The van der Waals surface area contributed by atoms with Gasteiger partial charge in [0.1, 0.15) is 0 Å². The van der Waals surface area contributed by atoms with E-state index >= 15 is 0 Å². The fourth-order valence-electron chi connectivity index (χ4n) is 5.42. The van der Waals surface area contributed by atoms with Crippen LogP contribution in [0.3, 0.4) is 0 Å². The van der Waals surface area contributed by atoms with Gasteiger partial charge in [0, 0.05) is 37.9 Å². The molecule has 2 atom stereocenters. The number of nitrogens with one attached hydrogen (secondary N) is 2. The van der Waals surface area contributed by atoms with E-state index in [9.17, 15) is 28.9 Å². The molecule has 1 aliphatic heterocycles. The van der Waals surface area contributed by atoms with Crippen molar-refractivity contribution in [2.75, 3.05) is 24.7 Å². The van der Waals surface area contributed by atoms with Crippen molar-refractivity contribution in [3.63, 3.8) is 0 Å². The molecular formula is C29H43N3O6S. The first-order valence-electron chi connectivity index (χ1n) is 13.5. The Morgan fingerprint density at radius 1 is 1.10 bits per heavy atom. The monoisotopic (exact) mass is 561 g/mol. The average Bonchev–Trinajstić information content (AvgIpc) is 2.97. The number of aliphatic carboxylic acids is 2. The zero-order chi connectivity index (χ0) is 28.8. The summed E-state index contributed by atoms with van der Waals surface area (Å²) in [7, 11) is 0.586. The van der Waals surface area contributed by atoms with Crippen LogP contribution in [-0.4, -0.2) is 62.7 Å². The lowest BCUT2D eigenvalue weighted by atomic mass is 9.87. The lowest BCUT2D eigenvalue weighted by Gasteiger charge is -2.42. The van der Waals surface area contributed by atoms with Crippen LogP contribution < -0.4 is 15.5 Å². The molecule has 2 aromatic carbocycles. The number of unbranched alkanes of at least 4 members (excludes halogenated alkanes) is 1. The molecule has 2 aromatic rings. The minimum Gasteiger partial charge on any atom is -0.481 e. The number of carbonyl (C=O) groups is 2. The first kappa shape index (κ1) is 30.9. The maximum absolute atomic E-state index is 11.7. The summed E-state index contributed by atoms with van der Waals surface area (Å²) >= 11 is 0. The van der Waals surface area contributed by atoms with E-state index in [-0.39, 0.29) is 31.2 Å². The second kappa shape index (κ2) is 13.1. The SMILES string of the molecule is CCCC[C@]1(CC)CS(O)(O)c2cc(CNC(CC(=O)O)CC(=O)O)c(N(C)C)cc2[C@@H](c2ccccc2)N1. The van der Waals surface area contributed by atoms with Gasteiger partial charge in [-0.1, -0.05) is 57.0 Å². The Kier molecular flexibility index (Phi) is 10.4. The summed E-state index contributed by atoms with van der Waals surface area (Å²) in [5.41, 5.74) is 2.93. The fourth-order valence-corrected chi connectivity index (χ4v) is 7.67. The van der Waals surface area contributed by atoms with Crippen molar-refractivity contribution in [3.05, 3.63) is 59.2 Å². The van der Waals surface area contributed by atoms with E-state index in [1.165, 1.54) is 0 Å². The predicted octanol–water partition coefficient (Wildman–Crippen LogP) is 5.30. The number of carboxylic acids is 2. The molecule has 1 aliphatic rings. The maximum Gasteiger partial charge on any atom is 0.304 e. The summed E-state index contributed by atoms with van der Waals surface area (Å²) in [5, 5.41) is 25.5. The van der Waals surface area contributed by atoms with Gasteiger partial charge in [-0.25, -0.2) is 0 Å². The molecule has 0 saturated heterocycles. The number of hydrogen-bond donors (Lipinski definition) is 6. The molecule has 10 heteroatoms. The summed E-state index contributed by atoms with van der Waals surface area (Å²) in [6.07, 6.45) is 2.84. The second-order valence-corrected chi connectivity index (χ2v) is 12.8. The van der Waals surface area contributed by atoms with Gasteiger partial charge in [-0.05, 0) is 41.7 Å². The van der Waals surface area contributed by atoms with Crippen molar-refractivity contribution in [1.29, 1.82) is 0 Å². The third kappa shape index (κ3) is 7.73. The zero-order valence-electron chi connectivity index (χ0n) is 23.3. The Balaban J connectivity index is 2.15. The molecule has 0 saturated carbocycles. The van der Waals surface area contributed by atoms with Crippen molar-refractivity contribution in [2.24, 2.45) is 0 Å². The van der Waals surface area contributed by atoms with Crippen LogP contribution in [0.1, 0.15) is 75.1 Å². The zero-order valence-corrected chi connectivity index (χ0v) is 24.1. The van der Waals surface area contributed by atoms with Crippen LogP contribution in [0.5, 0.6) is 0 Å². The van der Waals surface area contributed by atoms with Crippen LogP contribution in [0, 0.1) is 0 Å². The Bertz CT molecular complexity index is 1130. The van der Waals surface area contributed by atoms with E-state index in [4.69, 9.17) is 0 Å². The summed E-state index contributed by atoms with van der Waals surface area (Å²) in [5.74, 6) is -1.98. The van der Waals surface area contributed by atoms with Gasteiger partial charge in [0.05, 0.1) is 29.5 Å². The van der Waals surface area contributed by atoms with E-state index in [2.05, 4.69) is 24.5 Å². The van der Waals surface area contributed by atoms with Crippen LogP contribution in [0.2, 0.25) is 0 Å². The molecule has 0 fully saturated rings. The molecule has 0 amide bonds. The van der Waals surface area contributed by atoms with Crippen LogP contribution in [0.15, 0.2) is 47.4 Å². The third-order valence-corrected chi connectivity index (χ3v) is 9.54. The third-order valence-electron chi connectivity index (χ3n) is 7.53. The van der Waals surface area contributed by atoms with Gasteiger partial charge in [-0.2, -0.15) is 10.6 Å². The summed E-state index contributed by atoms with van der Waals surface area (Å²) in [6.45, 7) is 4.40. The number of rotatable bonds is 13. The minimum atomic E-state index is -3.21. The summed E-state index contributed by atoms with van der Waals surface area (Å²) in [4.78, 5) is 25.0. The molecule has 3 rings (SSSR count). The molecule has 0 bridgehead atoms. The van der Waals surface area contributed by atoms with E-state index in [1.54, 1.807) is 0 Å². The van der Waals surface area contributed by atoms with E-state index < -0.39 is 34.1 Å². The molecule has 0 unspecified atom stereocenters. The van der Waals surface area contributed by atoms with E-state index in [0.717, 1.165) is 48.1 Å². The fraction of sp³-hybridized carbons (Fsp3) is 0.517. The number of hydrogen-bond acceptors (Lipinski definition) is 7. The summed E-state index contributed by atoms with van der Waals surface area (Å²) < 4.78 is 23.4. The standard InChI is InChI=1S/C29H43N3O6S/c1-5-7-13-29(6-2)19-39(37,38)25-14-21(18-30-22(15-26(33)34)16-27(35)36)24(32(3)4)17-23(25)28(31-29)20-11-9-8-10-12-20/h8-12,14,17,22,28,30-31,37-38H,5-7,13,15-16,18-19H2,1-4H3,(H,33,34)(H,35,36)/t28-,29-/m1/s1. The molecule has 6 N–H and O–H groups in total. The topological polar surface area (TPSA) is 142 Å². The van der Waals surface area contributed by atoms with Crippen LogP contribution in [-0.2, 0) is 16.1 Å². The highest BCUT2D eigenvalue weighted by molar-refractivity contribution is 8.24. The van der Waals surface area contributed by atoms with Gasteiger partial charge in [-0.15, -0.1) is 0 Å². The van der Waals surface area contributed by atoms with Crippen LogP contribution in [0.25, 0.3) is 0 Å². The maximum atomic E-state index is 11.7. The highest BCUT2D eigenvalue weighted by atomic mass is 32.3. The number of fused-ring (bicyclic) bond motifs is 1. The minimum absolute atomic E-state index is 0.180. The number of nitrogens with zero attached hydrogens (tertiary/aromatic N) is 1. The molecule has 216 valence electrons. The van der Waals surface area contributed by atoms with Crippen molar-refractivity contribution in [2.45, 2.75) is 81.4 Å². The highest BCUT2D eigenvalue weighted by Gasteiger charge is 2.42. The molecule has 39 heavy (non-hydrogen) atoms. The van der Waals surface area contributed by atoms with Crippen molar-refractivity contribution >= 4 is 28.2 Å².